The maximum Gasteiger partial charge on any atom is 0.237 e. The lowest BCUT2D eigenvalue weighted by molar-refractivity contribution is -0.115. The lowest BCUT2D eigenvalue weighted by Gasteiger charge is -2.14. The van der Waals surface area contributed by atoms with Crippen LogP contribution in [0.2, 0.25) is 0 Å². The van der Waals surface area contributed by atoms with Gasteiger partial charge in [0.15, 0.2) is 0 Å². The van der Waals surface area contributed by atoms with Crippen LogP contribution in [0.4, 0.5) is 17.1 Å². The van der Waals surface area contributed by atoms with Crippen LogP contribution in [0.1, 0.15) is 12.5 Å². The third-order valence-corrected chi connectivity index (χ3v) is 4.83. The molecule has 0 saturated carbocycles. The van der Waals surface area contributed by atoms with Crippen LogP contribution in [0.25, 0.3) is 0 Å². The van der Waals surface area contributed by atoms with E-state index in [9.17, 15) is 9.59 Å². The van der Waals surface area contributed by atoms with Crippen molar-refractivity contribution < 1.29 is 14.3 Å². The van der Waals surface area contributed by atoms with Crippen molar-refractivity contribution in [1.82, 2.24) is 0 Å². The number of aryl methyl sites for hydroxylation is 1. The number of carbonyl (C=O) groups is 2. The van der Waals surface area contributed by atoms with E-state index in [4.69, 9.17) is 10.5 Å². The smallest absolute Gasteiger partial charge is 0.237 e. The van der Waals surface area contributed by atoms with E-state index < -0.39 is 5.25 Å². The third-order valence-electron chi connectivity index (χ3n) is 3.69. The first-order valence-corrected chi connectivity index (χ1v) is 9.16. The predicted molar refractivity (Wildman–Crippen MR) is 108 cm³/mol. The number of ether oxygens (including phenoxy) is 1. The Labute approximate surface area is 157 Å². The average Bonchev–Trinajstić information content (AvgIpc) is 2.63. The van der Waals surface area contributed by atoms with Gasteiger partial charge in [-0.2, -0.15) is 0 Å². The van der Waals surface area contributed by atoms with Gasteiger partial charge in [-0.05, 0) is 38.1 Å². The molecule has 2 rings (SSSR count). The number of carbonyl (C=O) groups excluding carboxylic acids is 2. The molecule has 0 heterocycles. The van der Waals surface area contributed by atoms with Crippen molar-refractivity contribution >= 4 is 40.6 Å². The highest BCUT2D eigenvalue weighted by Gasteiger charge is 2.17. The highest BCUT2D eigenvalue weighted by atomic mass is 32.2. The molecule has 2 aromatic carbocycles. The number of anilines is 3. The van der Waals surface area contributed by atoms with Gasteiger partial charge in [-0.25, -0.2) is 0 Å². The molecule has 0 spiro atoms. The molecular weight excluding hydrogens is 350 g/mol. The first-order chi connectivity index (χ1) is 12.4. The highest BCUT2D eigenvalue weighted by molar-refractivity contribution is 8.01. The Kier molecular flexibility index (Phi) is 6.91. The van der Waals surface area contributed by atoms with E-state index in [0.29, 0.717) is 17.1 Å². The first-order valence-electron chi connectivity index (χ1n) is 8.11. The molecule has 2 amide bonds. The fraction of sp³-hybridized carbons (Fsp3) is 0.263. The number of nitrogen functional groups attached to an aromatic ring is 1. The number of benzene rings is 2. The van der Waals surface area contributed by atoms with Crippen LogP contribution in [0.3, 0.4) is 0 Å². The SMILES string of the molecule is COc1ccc(N)c(NC(=O)C(C)SCC(=O)Nc2ccc(C)cc2)c1. The van der Waals surface area contributed by atoms with Crippen LogP contribution in [-0.2, 0) is 9.59 Å². The maximum absolute atomic E-state index is 12.3. The number of hydrogen-bond donors (Lipinski definition) is 3. The zero-order valence-electron chi connectivity index (χ0n) is 15.0. The van der Waals surface area contributed by atoms with E-state index in [2.05, 4.69) is 10.6 Å². The van der Waals surface area contributed by atoms with E-state index in [1.165, 1.54) is 11.8 Å². The Morgan fingerprint density at radius 3 is 2.50 bits per heavy atom. The minimum Gasteiger partial charge on any atom is -0.497 e. The van der Waals surface area contributed by atoms with Crippen LogP contribution in [0.15, 0.2) is 42.5 Å². The van der Waals surface area contributed by atoms with E-state index in [1.807, 2.05) is 31.2 Å². The lowest BCUT2D eigenvalue weighted by Crippen LogP contribution is -2.25. The molecule has 0 bridgehead atoms. The molecule has 0 aliphatic rings. The molecule has 26 heavy (non-hydrogen) atoms. The van der Waals surface area contributed by atoms with E-state index in [-0.39, 0.29) is 17.6 Å². The van der Waals surface area contributed by atoms with E-state index >= 15 is 0 Å². The highest BCUT2D eigenvalue weighted by Crippen LogP contribution is 2.25. The molecule has 1 unspecified atom stereocenters. The Balaban J connectivity index is 1.85. The molecule has 0 radical (unpaired) electrons. The van der Waals surface area contributed by atoms with Crippen LogP contribution in [0, 0.1) is 6.92 Å². The standard InChI is InChI=1S/C19H23N3O3S/c1-12-4-6-14(7-5-12)21-18(23)11-26-13(2)19(24)22-17-10-15(25-3)8-9-16(17)20/h4-10,13H,11,20H2,1-3H3,(H,21,23)(H,22,24). The van der Waals surface area contributed by atoms with Gasteiger partial charge in [-0.1, -0.05) is 17.7 Å². The second-order valence-electron chi connectivity index (χ2n) is 5.81. The molecule has 7 heteroatoms. The summed E-state index contributed by atoms with van der Waals surface area (Å²) in [6.45, 7) is 3.73. The van der Waals surface area contributed by atoms with Gasteiger partial charge in [-0.3, -0.25) is 9.59 Å². The molecule has 0 fully saturated rings. The van der Waals surface area contributed by atoms with Crippen molar-refractivity contribution in [2.75, 3.05) is 29.2 Å². The van der Waals surface area contributed by atoms with Crippen molar-refractivity contribution in [2.45, 2.75) is 19.1 Å². The number of methoxy groups -OCH3 is 1. The summed E-state index contributed by atoms with van der Waals surface area (Å²) in [5.41, 5.74) is 8.68. The maximum atomic E-state index is 12.3. The first kappa shape index (κ1) is 19.7. The van der Waals surface area contributed by atoms with Crippen LogP contribution < -0.4 is 21.1 Å². The van der Waals surface area contributed by atoms with Crippen molar-refractivity contribution in [3.05, 3.63) is 48.0 Å². The molecule has 4 N–H and O–H groups in total. The zero-order valence-corrected chi connectivity index (χ0v) is 15.9. The molecule has 1 atom stereocenters. The molecule has 6 nitrogen and oxygen atoms in total. The van der Waals surface area contributed by atoms with Crippen molar-refractivity contribution in [2.24, 2.45) is 0 Å². The van der Waals surface area contributed by atoms with Gasteiger partial charge in [0, 0.05) is 11.8 Å². The van der Waals surface area contributed by atoms with Gasteiger partial charge in [0.25, 0.3) is 0 Å². The largest absolute Gasteiger partial charge is 0.497 e. The van der Waals surface area contributed by atoms with Crippen molar-refractivity contribution in [3.8, 4) is 5.75 Å². The minimum atomic E-state index is -0.413. The molecule has 0 aliphatic carbocycles. The van der Waals surface area contributed by atoms with Crippen molar-refractivity contribution in [3.63, 3.8) is 0 Å². The second kappa shape index (κ2) is 9.15. The minimum absolute atomic E-state index is 0.153. The summed E-state index contributed by atoms with van der Waals surface area (Å²) < 4.78 is 5.13. The van der Waals surface area contributed by atoms with E-state index in [1.54, 1.807) is 32.2 Å². The van der Waals surface area contributed by atoms with Crippen LogP contribution in [-0.4, -0.2) is 29.9 Å². The second-order valence-corrected chi connectivity index (χ2v) is 7.14. The van der Waals surface area contributed by atoms with Gasteiger partial charge < -0.3 is 21.1 Å². The van der Waals surface area contributed by atoms with Gasteiger partial charge in [0.1, 0.15) is 5.75 Å². The number of nitrogens with two attached hydrogens (primary N) is 1. The Hall–Kier alpha value is -2.67. The number of hydrogen-bond acceptors (Lipinski definition) is 5. The normalized spacial score (nSPS) is 11.5. The number of nitrogens with one attached hydrogen (secondary N) is 2. The number of amides is 2. The molecule has 0 aromatic heterocycles. The summed E-state index contributed by atoms with van der Waals surface area (Å²) in [5, 5.41) is 5.16. The summed E-state index contributed by atoms with van der Waals surface area (Å²) >= 11 is 1.25. The Bertz CT molecular complexity index is 778. The van der Waals surface area contributed by atoms with Gasteiger partial charge in [0.05, 0.1) is 29.5 Å². The number of thioether (sulfide) groups is 1. The monoisotopic (exact) mass is 373 g/mol. The molecule has 2 aromatic rings. The number of rotatable bonds is 7. The van der Waals surface area contributed by atoms with Crippen molar-refractivity contribution in [1.29, 1.82) is 0 Å². The Morgan fingerprint density at radius 1 is 1.15 bits per heavy atom. The fourth-order valence-corrected chi connectivity index (χ4v) is 2.80. The Morgan fingerprint density at radius 2 is 1.85 bits per heavy atom. The molecule has 0 aliphatic heterocycles. The summed E-state index contributed by atoms with van der Waals surface area (Å²) in [6, 6.07) is 12.6. The summed E-state index contributed by atoms with van der Waals surface area (Å²) in [6.07, 6.45) is 0. The quantitative estimate of drug-likeness (QED) is 0.648. The van der Waals surface area contributed by atoms with Gasteiger partial charge in [0.2, 0.25) is 11.8 Å². The summed E-state index contributed by atoms with van der Waals surface area (Å²) in [4.78, 5) is 24.3. The predicted octanol–water partition coefficient (Wildman–Crippen LogP) is 3.28. The molecule has 0 saturated heterocycles. The third kappa shape index (κ3) is 5.70. The zero-order chi connectivity index (χ0) is 19.1. The molecule has 138 valence electrons. The van der Waals surface area contributed by atoms with Crippen LogP contribution in [0.5, 0.6) is 5.75 Å². The fourth-order valence-electron chi connectivity index (χ4n) is 2.12. The van der Waals surface area contributed by atoms with Gasteiger partial charge in [-0.15, -0.1) is 11.8 Å². The van der Waals surface area contributed by atoms with Crippen LogP contribution >= 0.6 is 11.8 Å². The van der Waals surface area contributed by atoms with E-state index in [0.717, 1.165) is 11.3 Å². The topological polar surface area (TPSA) is 93.4 Å². The average molecular weight is 373 g/mol. The summed E-state index contributed by atoms with van der Waals surface area (Å²) in [7, 11) is 1.54. The summed E-state index contributed by atoms with van der Waals surface area (Å²) in [5.74, 6) is 0.403. The lowest BCUT2D eigenvalue weighted by atomic mass is 10.2. The van der Waals surface area contributed by atoms with Gasteiger partial charge >= 0.3 is 0 Å². The molecular formula is C19H23N3O3S.